The van der Waals surface area contributed by atoms with Gasteiger partial charge in [0, 0.05) is 35.3 Å². The van der Waals surface area contributed by atoms with Gasteiger partial charge in [0.1, 0.15) is 0 Å². The SMILES string of the molecule is C[C@]12C=CC(=O)CC1=CC[C@@H]1[C@@H]2[C@@H](O)C[C@@]2(C)[C@H]1C[C@H]1O[C@@H](C3CCCCC3)O[C@]12C(=O)CSc1ccccn1. The Labute approximate surface area is 241 Å². The first-order chi connectivity index (χ1) is 19.3. The first-order valence-electron chi connectivity index (χ1n) is 15.3. The van der Waals surface area contributed by atoms with Crippen LogP contribution in [0.15, 0.2) is 53.2 Å². The summed E-state index contributed by atoms with van der Waals surface area (Å²) in [6, 6.07) is 5.76. The van der Waals surface area contributed by atoms with E-state index in [-0.39, 0.29) is 52.9 Å². The van der Waals surface area contributed by atoms with Crippen LogP contribution in [0.1, 0.15) is 71.6 Å². The molecular formula is C33H41NO5S. The largest absolute Gasteiger partial charge is 0.393 e. The van der Waals surface area contributed by atoms with E-state index in [1.807, 2.05) is 24.3 Å². The van der Waals surface area contributed by atoms with Crippen molar-refractivity contribution < 1.29 is 24.2 Å². The van der Waals surface area contributed by atoms with Crippen molar-refractivity contribution in [2.75, 3.05) is 5.75 Å². The van der Waals surface area contributed by atoms with Gasteiger partial charge in [0.25, 0.3) is 0 Å². The topological polar surface area (TPSA) is 85.7 Å². The maximum atomic E-state index is 14.5. The predicted molar refractivity (Wildman–Crippen MR) is 152 cm³/mol. The molecule has 0 bridgehead atoms. The van der Waals surface area contributed by atoms with Gasteiger partial charge in [0.2, 0.25) is 0 Å². The highest BCUT2D eigenvalue weighted by atomic mass is 32.2. The van der Waals surface area contributed by atoms with E-state index >= 15 is 0 Å². The van der Waals surface area contributed by atoms with Gasteiger partial charge in [-0.3, -0.25) is 9.59 Å². The van der Waals surface area contributed by atoms with Crippen LogP contribution in [0, 0.1) is 34.5 Å². The first kappa shape index (κ1) is 27.1. The number of ether oxygens (including phenoxy) is 2. The number of rotatable bonds is 5. The summed E-state index contributed by atoms with van der Waals surface area (Å²) in [7, 11) is 0. The molecule has 2 heterocycles. The zero-order chi connectivity index (χ0) is 27.7. The molecule has 7 rings (SSSR count). The Kier molecular flexibility index (Phi) is 6.69. The third-order valence-electron chi connectivity index (χ3n) is 11.7. The minimum absolute atomic E-state index is 0.0120. The highest BCUT2D eigenvalue weighted by Gasteiger charge is 2.76. The Hall–Kier alpha value is -1.80. The lowest BCUT2D eigenvalue weighted by Gasteiger charge is -2.59. The van der Waals surface area contributed by atoms with Crippen LogP contribution in [0.4, 0.5) is 0 Å². The molecule has 0 radical (unpaired) electrons. The molecule has 0 unspecified atom stereocenters. The predicted octanol–water partition coefficient (Wildman–Crippen LogP) is 5.69. The van der Waals surface area contributed by atoms with Crippen molar-refractivity contribution in [2.24, 2.45) is 34.5 Å². The standard InChI is InChI=1S/C33H41NO5S/c1-31-14-13-22(35)16-21(31)11-12-23-24-17-27-33(32(24,2)18-25(36)29(23)31,26(37)19-40-28-10-6-7-15-34-28)39-30(38-27)20-8-4-3-5-9-20/h6-7,10-11,13-15,20,23-25,27,29-30,36H,3-5,8-9,12,16-19H2,1-2H3/t23-,24-,25-,27+,29+,30+,31-,32-,33+/m0/s1. The fourth-order valence-corrected chi connectivity index (χ4v) is 10.6. The first-order valence-corrected chi connectivity index (χ1v) is 16.2. The number of carbonyl (C=O) groups excluding carboxylic acids is 2. The number of pyridine rings is 1. The summed E-state index contributed by atoms with van der Waals surface area (Å²) in [5, 5.41) is 12.8. The maximum absolute atomic E-state index is 14.5. The van der Waals surface area contributed by atoms with E-state index in [0.717, 1.165) is 36.3 Å². The molecule has 3 saturated carbocycles. The van der Waals surface area contributed by atoms with Crippen molar-refractivity contribution in [1.82, 2.24) is 4.98 Å². The second kappa shape index (κ2) is 9.89. The van der Waals surface area contributed by atoms with Crippen LogP contribution in [-0.4, -0.2) is 51.5 Å². The summed E-state index contributed by atoms with van der Waals surface area (Å²) in [6.07, 6.45) is 14.8. The second-order valence-electron chi connectivity index (χ2n) is 13.6. The molecule has 1 N–H and O–H groups in total. The quantitative estimate of drug-likeness (QED) is 0.364. The molecule has 1 aliphatic heterocycles. The number of hydrogen-bond donors (Lipinski definition) is 1. The van der Waals surface area contributed by atoms with E-state index in [1.54, 1.807) is 12.3 Å². The normalized spacial score (nSPS) is 44.4. The summed E-state index contributed by atoms with van der Waals surface area (Å²) in [4.78, 5) is 31.2. The Bertz CT molecular complexity index is 1240. The molecule has 5 aliphatic carbocycles. The lowest BCUT2D eigenvalue weighted by Crippen LogP contribution is -2.63. The third kappa shape index (κ3) is 3.90. The number of hydrogen-bond acceptors (Lipinski definition) is 7. The van der Waals surface area contributed by atoms with Crippen molar-refractivity contribution in [1.29, 1.82) is 0 Å². The molecule has 7 heteroatoms. The molecule has 0 amide bonds. The van der Waals surface area contributed by atoms with Gasteiger partial charge in [0.15, 0.2) is 23.5 Å². The van der Waals surface area contributed by atoms with E-state index in [4.69, 9.17) is 9.47 Å². The molecule has 214 valence electrons. The minimum Gasteiger partial charge on any atom is -0.393 e. The fourth-order valence-electron chi connectivity index (χ4n) is 9.80. The number of allylic oxidation sites excluding steroid dienone is 4. The van der Waals surface area contributed by atoms with Crippen LogP contribution >= 0.6 is 11.8 Å². The van der Waals surface area contributed by atoms with E-state index in [1.165, 1.54) is 31.0 Å². The zero-order valence-corrected chi connectivity index (χ0v) is 24.4. The van der Waals surface area contributed by atoms with Crippen LogP contribution in [0.25, 0.3) is 0 Å². The average molecular weight is 564 g/mol. The van der Waals surface area contributed by atoms with Gasteiger partial charge in [-0.05, 0) is 62.1 Å². The molecule has 9 atom stereocenters. The van der Waals surface area contributed by atoms with Crippen molar-refractivity contribution in [3.63, 3.8) is 0 Å². The Morgan fingerprint density at radius 2 is 2.02 bits per heavy atom. The summed E-state index contributed by atoms with van der Waals surface area (Å²) in [6.45, 7) is 4.39. The number of ketones is 2. The highest BCUT2D eigenvalue weighted by Crippen LogP contribution is 2.69. The molecule has 6 aliphatic rings. The number of Topliss-reactive ketones (excluding diaryl/α,β-unsaturated/α-hetero) is 1. The maximum Gasteiger partial charge on any atom is 0.178 e. The Morgan fingerprint density at radius 1 is 1.20 bits per heavy atom. The van der Waals surface area contributed by atoms with Gasteiger partial charge in [0.05, 0.1) is 23.0 Å². The molecule has 1 saturated heterocycles. The highest BCUT2D eigenvalue weighted by molar-refractivity contribution is 7.99. The van der Waals surface area contributed by atoms with Gasteiger partial charge in [-0.2, -0.15) is 0 Å². The van der Waals surface area contributed by atoms with Crippen molar-refractivity contribution in [3.05, 3.63) is 48.2 Å². The van der Waals surface area contributed by atoms with Crippen LogP contribution in [0.5, 0.6) is 0 Å². The van der Waals surface area contributed by atoms with Crippen molar-refractivity contribution in [2.45, 2.75) is 101 Å². The molecule has 4 fully saturated rings. The monoisotopic (exact) mass is 563 g/mol. The van der Waals surface area contributed by atoms with Crippen molar-refractivity contribution >= 4 is 23.3 Å². The molecule has 1 aromatic heterocycles. The van der Waals surface area contributed by atoms with E-state index in [2.05, 4.69) is 24.9 Å². The number of aliphatic hydroxyl groups excluding tert-OH is 1. The lowest BCUT2D eigenvalue weighted by molar-refractivity contribution is -0.205. The number of aliphatic hydroxyl groups is 1. The lowest BCUT2D eigenvalue weighted by atomic mass is 9.47. The summed E-state index contributed by atoms with van der Waals surface area (Å²) in [5.41, 5.74) is -0.812. The zero-order valence-electron chi connectivity index (χ0n) is 23.6. The Morgan fingerprint density at radius 3 is 2.80 bits per heavy atom. The average Bonchev–Trinajstić information content (AvgIpc) is 3.46. The van der Waals surface area contributed by atoms with Crippen LogP contribution in [0.3, 0.4) is 0 Å². The summed E-state index contributed by atoms with van der Waals surface area (Å²) < 4.78 is 13.8. The van der Waals surface area contributed by atoms with Crippen LogP contribution < -0.4 is 0 Å². The van der Waals surface area contributed by atoms with Crippen LogP contribution in [-0.2, 0) is 19.1 Å². The molecule has 6 nitrogen and oxygen atoms in total. The van der Waals surface area contributed by atoms with E-state index < -0.39 is 17.1 Å². The number of aromatic nitrogens is 1. The smallest absolute Gasteiger partial charge is 0.178 e. The number of nitrogens with zero attached hydrogens (tertiary/aromatic N) is 1. The van der Waals surface area contributed by atoms with Gasteiger partial charge in [-0.15, -0.1) is 0 Å². The molecule has 1 aromatic rings. The van der Waals surface area contributed by atoms with Gasteiger partial charge in [-0.25, -0.2) is 4.98 Å². The third-order valence-corrected chi connectivity index (χ3v) is 12.6. The summed E-state index contributed by atoms with van der Waals surface area (Å²) in [5.74, 6) is 1.19. The molecule has 0 aromatic carbocycles. The molecular weight excluding hydrogens is 522 g/mol. The van der Waals surface area contributed by atoms with Crippen molar-refractivity contribution in [3.8, 4) is 0 Å². The number of fused-ring (bicyclic) bond motifs is 7. The van der Waals surface area contributed by atoms with E-state index in [0.29, 0.717) is 18.8 Å². The fraction of sp³-hybridized carbons (Fsp3) is 0.667. The molecule has 0 spiro atoms. The Balaban J connectivity index is 1.24. The number of carbonyl (C=O) groups is 2. The second-order valence-corrected chi connectivity index (χ2v) is 14.6. The van der Waals surface area contributed by atoms with E-state index in [9.17, 15) is 14.7 Å². The number of thioether (sulfide) groups is 1. The van der Waals surface area contributed by atoms with Gasteiger partial charge >= 0.3 is 0 Å². The van der Waals surface area contributed by atoms with Gasteiger partial charge in [-0.1, -0.05) is 68.7 Å². The summed E-state index contributed by atoms with van der Waals surface area (Å²) >= 11 is 1.46. The minimum atomic E-state index is -1.07. The van der Waals surface area contributed by atoms with Crippen LogP contribution in [0.2, 0.25) is 0 Å². The molecule has 40 heavy (non-hydrogen) atoms. The van der Waals surface area contributed by atoms with Gasteiger partial charge < -0.3 is 14.6 Å².